The molecule has 1 aliphatic carbocycles. The number of pyridine rings is 1. The first kappa shape index (κ1) is 14.9. The van der Waals surface area contributed by atoms with Crippen LogP contribution in [0.4, 0.5) is 0 Å². The second-order valence-corrected chi connectivity index (χ2v) is 5.74. The van der Waals surface area contributed by atoms with Crippen LogP contribution in [0.25, 0.3) is 0 Å². The smallest absolute Gasteiger partial charge is 0.252 e. The van der Waals surface area contributed by atoms with E-state index in [-0.39, 0.29) is 18.6 Å². The number of carbonyl (C=O) groups excluding carboxylic acids is 1. The van der Waals surface area contributed by atoms with E-state index in [0.29, 0.717) is 16.4 Å². The zero-order chi connectivity index (χ0) is 14.4. The quantitative estimate of drug-likeness (QED) is 0.827. The number of aliphatic hydroxyl groups is 1. The minimum atomic E-state index is -0.229. The number of hydrogen-bond acceptors (Lipinski definition) is 4. The van der Waals surface area contributed by atoms with Crippen molar-refractivity contribution in [3.8, 4) is 11.8 Å². The molecule has 1 heterocycles. The van der Waals surface area contributed by atoms with Crippen LogP contribution in [0.2, 0.25) is 0 Å². The maximum atomic E-state index is 12.4. The number of nitrogens with zero attached hydrogens (tertiary/aromatic N) is 1. The third-order valence-electron chi connectivity index (χ3n) is 3.44. The van der Waals surface area contributed by atoms with Gasteiger partial charge in [-0.3, -0.25) is 9.78 Å². The highest BCUT2D eigenvalue weighted by Gasteiger charge is 2.28. The number of aromatic nitrogens is 1. The second-order valence-electron chi connectivity index (χ2n) is 4.67. The summed E-state index contributed by atoms with van der Waals surface area (Å²) in [6, 6.07) is 1.89. The van der Waals surface area contributed by atoms with Gasteiger partial charge in [0.2, 0.25) is 0 Å². The van der Waals surface area contributed by atoms with E-state index in [0.717, 1.165) is 19.3 Å². The SMILES string of the molecule is CSC1CCCC1NC(=O)c1ccncc1C#CCO. The molecule has 1 aromatic rings. The van der Waals surface area contributed by atoms with Gasteiger partial charge in [0.05, 0.1) is 11.1 Å². The van der Waals surface area contributed by atoms with Crippen LogP contribution in [0, 0.1) is 11.8 Å². The minimum absolute atomic E-state index is 0.111. The van der Waals surface area contributed by atoms with Crippen LogP contribution < -0.4 is 5.32 Å². The number of thioether (sulfide) groups is 1. The maximum absolute atomic E-state index is 12.4. The Morgan fingerprint density at radius 2 is 2.45 bits per heavy atom. The van der Waals surface area contributed by atoms with Gasteiger partial charge >= 0.3 is 0 Å². The van der Waals surface area contributed by atoms with Gasteiger partial charge < -0.3 is 10.4 Å². The molecule has 0 aliphatic heterocycles. The van der Waals surface area contributed by atoms with Gasteiger partial charge in [0, 0.05) is 23.7 Å². The van der Waals surface area contributed by atoms with E-state index in [9.17, 15) is 4.79 Å². The van der Waals surface area contributed by atoms with Gasteiger partial charge in [-0.25, -0.2) is 0 Å². The molecule has 5 heteroatoms. The number of nitrogens with one attached hydrogen (secondary N) is 1. The first-order valence-corrected chi connectivity index (χ1v) is 7.92. The molecule has 1 amide bonds. The fourth-order valence-electron chi connectivity index (χ4n) is 2.45. The summed E-state index contributed by atoms with van der Waals surface area (Å²) in [7, 11) is 0. The molecule has 0 bridgehead atoms. The van der Waals surface area contributed by atoms with Crippen LogP contribution in [-0.4, -0.2) is 40.2 Å². The molecule has 1 aromatic heterocycles. The molecule has 0 saturated heterocycles. The van der Waals surface area contributed by atoms with Crippen molar-refractivity contribution in [3.63, 3.8) is 0 Å². The van der Waals surface area contributed by atoms with Crippen molar-refractivity contribution in [2.75, 3.05) is 12.9 Å². The lowest BCUT2D eigenvalue weighted by Crippen LogP contribution is -2.38. The molecule has 2 atom stereocenters. The lowest BCUT2D eigenvalue weighted by molar-refractivity contribution is 0.0938. The summed E-state index contributed by atoms with van der Waals surface area (Å²) in [5, 5.41) is 12.3. The van der Waals surface area contributed by atoms with E-state index in [4.69, 9.17) is 5.11 Å². The van der Waals surface area contributed by atoms with Crippen molar-refractivity contribution < 1.29 is 9.90 Å². The van der Waals surface area contributed by atoms with Crippen LogP contribution >= 0.6 is 11.8 Å². The molecule has 1 fully saturated rings. The first-order chi connectivity index (χ1) is 9.76. The average molecular weight is 290 g/mol. The monoisotopic (exact) mass is 290 g/mol. The molecular formula is C15H18N2O2S. The third-order valence-corrected chi connectivity index (χ3v) is 4.61. The van der Waals surface area contributed by atoms with Gasteiger partial charge in [-0.15, -0.1) is 0 Å². The predicted octanol–water partition coefficient (Wildman–Crippen LogP) is 1.44. The maximum Gasteiger partial charge on any atom is 0.252 e. The van der Waals surface area contributed by atoms with Crippen molar-refractivity contribution in [3.05, 3.63) is 29.6 Å². The van der Waals surface area contributed by atoms with Crippen LogP contribution in [0.15, 0.2) is 18.5 Å². The van der Waals surface area contributed by atoms with Crippen LogP contribution in [0.5, 0.6) is 0 Å². The standard InChI is InChI=1S/C15H18N2O2S/c1-20-14-6-2-5-13(14)17-15(19)12-7-8-16-10-11(12)4-3-9-18/h7-8,10,13-14,18H,2,5-6,9H2,1H3,(H,17,19). The highest BCUT2D eigenvalue weighted by molar-refractivity contribution is 7.99. The molecule has 106 valence electrons. The van der Waals surface area contributed by atoms with Gasteiger partial charge in [0.25, 0.3) is 5.91 Å². The molecule has 0 aromatic carbocycles. The molecule has 1 saturated carbocycles. The topological polar surface area (TPSA) is 62.2 Å². The van der Waals surface area contributed by atoms with E-state index in [1.807, 2.05) is 11.8 Å². The predicted molar refractivity (Wildman–Crippen MR) is 80.6 cm³/mol. The molecule has 0 radical (unpaired) electrons. The highest BCUT2D eigenvalue weighted by Crippen LogP contribution is 2.28. The van der Waals surface area contributed by atoms with E-state index < -0.39 is 0 Å². The van der Waals surface area contributed by atoms with Crippen LogP contribution in [0.3, 0.4) is 0 Å². The summed E-state index contributed by atoms with van der Waals surface area (Å²) in [5.41, 5.74) is 1.07. The zero-order valence-corrected chi connectivity index (χ0v) is 12.2. The van der Waals surface area contributed by atoms with E-state index in [2.05, 4.69) is 28.4 Å². The van der Waals surface area contributed by atoms with Crippen LogP contribution in [-0.2, 0) is 0 Å². The Kier molecular flexibility index (Phi) is 5.45. The van der Waals surface area contributed by atoms with Gasteiger partial charge in [0.1, 0.15) is 6.61 Å². The first-order valence-electron chi connectivity index (χ1n) is 6.63. The summed E-state index contributed by atoms with van der Waals surface area (Å²) in [4.78, 5) is 16.3. The Bertz CT molecular complexity index is 536. The summed E-state index contributed by atoms with van der Waals surface area (Å²) >= 11 is 1.81. The summed E-state index contributed by atoms with van der Waals surface area (Å²) in [6.45, 7) is -0.229. The molecular weight excluding hydrogens is 272 g/mol. The number of carbonyl (C=O) groups is 1. The van der Waals surface area contributed by atoms with Crippen LogP contribution in [0.1, 0.15) is 35.2 Å². The van der Waals surface area contributed by atoms with E-state index in [1.54, 1.807) is 18.5 Å². The van der Waals surface area contributed by atoms with Gasteiger partial charge in [0.15, 0.2) is 0 Å². The average Bonchev–Trinajstić information content (AvgIpc) is 2.92. The van der Waals surface area contributed by atoms with Crippen molar-refractivity contribution in [1.82, 2.24) is 10.3 Å². The molecule has 2 unspecified atom stereocenters. The Labute approximate surface area is 123 Å². The van der Waals surface area contributed by atoms with Crippen molar-refractivity contribution in [1.29, 1.82) is 0 Å². The second kappa shape index (κ2) is 7.32. The van der Waals surface area contributed by atoms with Gasteiger partial charge in [-0.05, 0) is 25.2 Å². The fourth-order valence-corrected chi connectivity index (χ4v) is 3.38. The summed E-state index contributed by atoms with van der Waals surface area (Å²) in [6.07, 6.45) is 8.56. The van der Waals surface area contributed by atoms with Gasteiger partial charge in [-0.2, -0.15) is 11.8 Å². The lowest BCUT2D eigenvalue weighted by Gasteiger charge is -2.19. The molecule has 2 rings (SSSR count). The normalized spacial score (nSPS) is 21.1. The molecule has 2 N–H and O–H groups in total. The fraction of sp³-hybridized carbons (Fsp3) is 0.467. The highest BCUT2D eigenvalue weighted by atomic mass is 32.2. The number of aliphatic hydroxyl groups excluding tert-OH is 1. The van der Waals surface area contributed by atoms with Crippen molar-refractivity contribution in [2.45, 2.75) is 30.6 Å². The number of hydrogen-bond donors (Lipinski definition) is 2. The zero-order valence-electron chi connectivity index (χ0n) is 11.4. The molecule has 1 aliphatic rings. The summed E-state index contributed by atoms with van der Waals surface area (Å²) in [5.74, 6) is 5.21. The molecule has 20 heavy (non-hydrogen) atoms. The van der Waals surface area contributed by atoms with Crippen molar-refractivity contribution >= 4 is 17.7 Å². The molecule has 4 nitrogen and oxygen atoms in total. The Balaban J connectivity index is 2.13. The van der Waals surface area contributed by atoms with Gasteiger partial charge in [-0.1, -0.05) is 18.3 Å². The van der Waals surface area contributed by atoms with E-state index in [1.165, 1.54) is 0 Å². The largest absolute Gasteiger partial charge is 0.384 e. The number of rotatable bonds is 3. The number of amides is 1. The van der Waals surface area contributed by atoms with E-state index >= 15 is 0 Å². The molecule has 0 spiro atoms. The van der Waals surface area contributed by atoms with Crippen molar-refractivity contribution in [2.24, 2.45) is 0 Å². The third kappa shape index (κ3) is 3.53. The Morgan fingerprint density at radius 3 is 3.20 bits per heavy atom. The summed E-state index contributed by atoms with van der Waals surface area (Å²) < 4.78 is 0. The lowest BCUT2D eigenvalue weighted by atomic mass is 10.1. The Hall–Kier alpha value is -1.51. The Morgan fingerprint density at radius 1 is 1.60 bits per heavy atom. The minimum Gasteiger partial charge on any atom is -0.384 e.